The number of carbonyl (C=O) groups excluding carboxylic acids is 1. The van der Waals surface area contributed by atoms with Crippen LogP contribution in [0.4, 0.5) is 11.8 Å². The third-order valence-electron chi connectivity index (χ3n) is 4.89. The number of anilines is 2. The monoisotopic (exact) mass is 507 g/mol. The molecule has 1 fully saturated rings. The molecule has 4 rings (SSSR count). The number of esters is 1. The number of nitrogens with zero attached hydrogens (tertiary/aromatic N) is 4. The van der Waals surface area contributed by atoms with E-state index < -0.39 is 32.7 Å². The molecule has 35 heavy (non-hydrogen) atoms. The van der Waals surface area contributed by atoms with E-state index in [2.05, 4.69) is 20.0 Å². The van der Waals surface area contributed by atoms with Crippen LogP contribution in [-0.4, -0.2) is 57.6 Å². The van der Waals surface area contributed by atoms with Crippen LogP contribution in [0.2, 0.25) is 0 Å². The van der Waals surface area contributed by atoms with Crippen LogP contribution in [0.1, 0.15) is 20.1 Å². The molecule has 0 spiro atoms. The van der Waals surface area contributed by atoms with Crippen molar-refractivity contribution < 1.29 is 32.8 Å². The Bertz CT molecular complexity index is 1220. The Morgan fingerprint density at radius 1 is 1.34 bits per heavy atom. The number of ether oxygens (including phenoxy) is 4. The molecule has 1 saturated heterocycles. The molecule has 4 atom stereocenters. The number of imidazole rings is 1. The third-order valence-corrected chi connectivity index (χ3v) is 5.98. The summed E-state index contributed by atoms with van der Waals surface area (Å²) in [6.07, 6.45) is 0.367. The number of hydrogen-bond acceptors (Lipinski definition) is 12. The standard InChI is InChI=1S/C20H26N7O7P/c1-3-30-19(28)11(2)26-35(29)34-13-6-4-5-12(7-13)31-9-15-32-8-14(33-15)27-10-23-16-17(21)24-20(22)25-18(16)27/h4-7,10-11,14-15,35H,3,8-9H2,1-2H3,(H,26,29)(H4,21,22,24,25)/t11-,14-,15?/m1/s1. The minimum Gasteiger partial charge on any atom is -0.488 e. The molecule has 0 amide bonds. The number of carbonyl (C=O) groups is 1. The lowest BCUT2D eigenvalue weighted by molar-refractivity contribution is -0.144. The highest BCUT2D eigenvalue weighted by Crippen LogP contribution is 2.29. The average Bonchev–Trinajstić information content (AvgIpc) is 3.45. The van der Waals surface area contributed by atoms with Gasteiger partial charge in [0.15, 0.2) is 24.0 Å². The first-order valence-corrected chi connectivity index (χ1v) is 12.1. The second-order valence-corrected chi connectivity index (χ2v) is 8.51. The molecular weight excluding hydrogens is 481 g/mol. The van der Waals surface area contributed by atoms with Crippen molar-refractivity contribution in [3.63, 3.8) is 0 Å². The number of rotatable bonds is 10. The Balaban J connectivity index is 1.30. The topological polar surface area (TPSA) is 188 Å². The zero-order chi connectivity index (χ0) is 24.9. The number of nitrogens with one attached hydrogen (secondary N) is 1. The van der Waals surface area contributed by atoms with Crippen LogP contribution in [0.15, 0.2) is 30.6 Å². The zero-order valence-corrected chi connectivity index (χ0v) is 20.0. The largest absolute Gasteiger partial charge is 0.488 e. The number of nitrogens with two attached hydrogens (primary N) is 2. The molecule has 2 aromatic heterocycles. The van der Waals surface area contributed by atoms with Gasteiger partial charge in [-0.1, -0.05) is 6.07 Å². The molecule has 2 unspecified atom stereocenters. The molecule has 5 N–H and O–H groups in total. The number of fused-ring (bicyclic) bond motifs is 1. The Labute approximate surface area is 200 Å². The van der Waals surface area contributed by atoms with E-state index >= 15 is 0 Å². The van der Waals surface area contributed by atoms with Crippen LogP contribution in [0, 0.1) is 0 Å². The minimum atomic E-state index is -2.75. The summed E-state index contributed by atoms with van der Waals surface area (Å²) in [5.41, 5.74) is 12.4. The fourth-order valence-electron chi connectivity index (χ4n) is 3.27. The molecular formula is C20H26N7O7P. The fraction of sp³-hybridized carbons (Fsp3) is 0.400. The second kappa shape index (κ2) is 10.9. The van der Waals surface area contributed by atoms with Gasteiger partial charge in [0.05, 0.1) is 19.5 Å². The molecule has 15 heteroatoms. The lowest BCUT2D eigenvalue weighted by Crippen LogP contribution is -2.31. The first kappa shape index (κ1) is 24.7. The molecule has 0 aliphatic carbocycles. The number of aromatic nitrogens is 4. The first-order chi connectivity index (χ1) is 16.8. The summed E-state index contributed by atoms with van der Waals surface area (Å²) in [7, 11) is -2.75. The third kappa shape index (κ3) is 5.98. The van der Waals surface area contributed by atoms with Gasteiger partial charge in [0, 0.05) is 6.07 Å². The van der Waals surface area contributed by atoms with E-state index in [9.17, 15) is 9.36 Å². The first-order valence-electron chi connectivity index (χ1n) is 10.7. The normalized spacial score (nSPS) is 19.4. The second-order valence-electron chi connectivity index (χ2n) is 7.44. The number of hydrogen-bond donors (Lipinski definition) is 3. The smallest absolute Gasteiger partial charge is 0.323 e. The molecule has 188 valence electrons. The van der Waals surface area contributed by atoms with Crippen molar-refractivity contribution >= 4 is 37.1 Å². The highest BCUT2D eigenvalue weighted by molar-refractivity contribution is 7.37. The molecule has 1 aliphatic rings. The maximum Gasteiger partial charge on any atom is 0.323 e. The maximum absolute atomic E-state index is 12.2. The van der Waals surface area contributed by atoms with Crippen LogP contribution >= 0.6 is 8.18 Å². The fourth-order valence-corrected chi connectivity index (χ4v) is 4.15. The summed E-state index contributed by atoms with van der Waals surface area (Å²) in [4.78, 5) is 24.0. The summed E-state index contributed by atoms with van der Waals surface area (Å²) < 4.78 is 41.5. The number of nitrogen functional groups attached to an aromatic ring is 2. The van der Waals surface area contributed by atoms with Gasteiger partial charge in [-0.3, -0.25) is 13.9 Å². The van der Waals surface area contributed by atoms with Gasteiger partial charge < -0.3 is 34.9 Å². The Morgan fingerprint density at radius 2 is 2.14 bits per heavy atom. The van der Waals surface area contributed by atoms with Gasteiger partial charge in [-0.25, -0.2) is 10.1 Å². The van der Waals surface area contributed by atoms with Gasteiger partial charge in [0.2, 0.25) is 5.95 Å². The van der Waals surface area contributed by atoms with Gasteiger partial charge in [0.1, 0.15) is 29.7 Å². The predicted molar refractivity (Wildman–Crippen MR) is 125 cm³/mol. The van der Waals surface area contributed by atoms with E-state index in [0.717, 1.165) is 0 Å². The van der Waals surface area contributed by atoms with Gasteiger partial charge in [-0.05, 0) is 26.0 Å². The SMILES string of the molecule is CCOC(=O)[C@@H](C)N[PH](=O)Oc1cccc(OCC2OC[C@H](n3cnc4c(N)nc(N)nc43)O2)c1. The van der Waals surface area contributed by atoms with E-state index in [-0.39, 0.29) is 31.6 Å². The van der Waals surface area contributed by atoms with Crippen molar-refractivity contribution in [1.82, 2.24) is 24.6 Å². The van der Waals surface area contributed by atoms with Crippen molar-refractivity contribution in [2.24, 2.45) is 0 Å². The van der Waals surface area contributed by atoms with Crippen molar-refractivity contribution in [2.75, 3.05) is 31.3 Å². The summed E-state index contributed by atoms with van der Waals surface area (Å²) in [6.45, 7) is 3.79. The van der Waals surface area contributed by atoms with Gasteiger partial charge in [0.25, 0.3) is 0 Å². The highest BCUT2D eigenvalue weighted by atomic mass is 31.1. The lowest BCUT2D eigenvalue weighted by atomic mass is 10.3. The molecule has 0 bridgehead atoms. The van der Waals surface area contributed by atoms with E-state index in [0.29, 0.717) is 22.7 Å². The van der Waals surface area contributed by atoms with E-state index in [1.54, 1.807) is 42.7 Å². The van der Waals surface area contributed by atoms with Gasteiger partial charge in [-0.2, -0.15) is 9.97 Å². The van der Waals surface area contributed by atoms with Crippen molar-refractivity contribution in [2.45, 2.75) is 32.4 Å². The maximum atomic E-state index is 12.2. The van der Waals surface area contributed by atoms with E-state index in [1.165, 1.54) is 6.33 Å². The van der Waals surface area contributed by atoms with Crippen molar-refractivity contribution in [1.29, 1.82) is 0 Å². The molecule has 3 aromatic rings. The highest BCUT2D eigenvalue weighted by Gasteiger charge is 2.30. The van der Waals surface area contributed by atoms with Crippen LogP contribution in [0.5, 0.6) is 11.5 Å². The van der Waals surface area contributed by atoms with Gasteiger partial charge in [-0.15, -0.1) is 0 Å². The van der Waals surface area contributed by atoms with Crippen LogP contribution in [0.3, 0.4) is 0 Å². The summed E-state index contributed by atoms with van der Waals surface area (Å²) >= 11 is 0. The molecule has 14 nitrogen and oxygen atoms in total. The van der Waals surface area contributed by atoms with Crippen LogP contribution < -0.4 is 25.8 Å². The Kier molecular flexibility index (Phi) is 7.66. The Morgan fingerprint density at radius 3 is 2.94 bits per heavy atom. The van der Waals surface area contributed by atoms with Crippen molar-refractivity contribution in [3.05, 3.63) is 30.6 Å². The molecule has 3 heterocycles. The molecule has 1 aliphatic heterocycles. The predicted octanol–water partition coefficient (Wildman–Crippen LogP) is 1.25. The van der Waals surface area contributed by atoms with E-state index in [1.807, 2.05) is 0 Å². The minimum absolute atomic E-state index is 0.0331. The van der Waals surface area contributed by atoms with Crippen LogP contribution in [-0.2, 0) is 23.6 Å². The Hall–Kier alpha value is -3.45. The average molecular weight is 507 g/mol. The quantitative estimate of drug-likeness (QED) is 0.263. The van der Waals surface area contributed by atoms with Crippen LogP contribution in [0.25, 0.3) is 11.2 Å². The van der Waals surface area contributed by atoms with Crippen molar-refractivity contribution in [3.8, 4) is 11.5 Å². The zero-order valence-electron chi connectivity index (χ0n) is 19.0. The van der Waals surface area contributed by atoms with Gasteiger partial charge >= 0.3 is 14.1 Å². The summed E-state index contributed by atoms with van der Waals surface area (Å²) in [6, 6.07) is 5.81. The summed E-state index contributed by atoms with van der Waals surface area (Å²) in [5, 5.41) is 2.58. The van der Waals surface area contributed by atoms with E-state index in [4.69, 9.17) is 34.9 Å². The summed E-state index contributed by atoms with van der Waals surface area (Å²) in [5.74, 6) is 0.462. The molecule has 0 radical (unpaired) electrons. The number of benzene rings is 1. The lowest BCUT2D eigenvalue weighted by Gasteiger charge is -2.15. The molecule has 1 aromatic carbocycles. The molecule has 0 saturated carbocycles.